The number of hydrogen-bond donors (Lipinski definition) is 1. The number of thiophene rings is 1. The van der Waals surface area contributed by atoms with Gasteiger partial charge in [-0.25, -0.2) is 4.79 Å². The third-order valence-electron chi connectivity index (χ3n) is 3.64. The zero-order valence-corrected chi connectivity index (χ0v) is 14.3. The molecular weight excluding hydrogens is 318 g/mol. The van der Waals surface area contributed by atoms with Gasteiger partial charge < -0.3 is 14.8 Å². The van der Waals surface area contributed by atoms with Gasteiger partial charge in [0.05, 0.1) is 18.1 Å². The fourth-order valence-electron chi connectivity index (χ4n) is 2.13. The lowest BCUT2D eigenvalue weighted by Crippen LogP contribution is -2.22. The van der Waals surface area contributed by atoms with Crippen LogP contribution in [-0.4, -0.2) is 31.1 Å². The monoisotopic (exact) mass is 339 g/mol. The topological polar surface area (TPSA) is 81.7 Å². The first kappa shape index (κ1) is 17.5. The van der Waals surface area contributed by atoms with E-state index in [0.717, 1.165) is 17.7 Å². The summed E-state index contributed by atoms with van der Waals surface area (Å²) in [4.78, 5) is 36.4. The van der Waals surface area contributed by atoms with E-state index in [2.05, 4.69) is 5.32 Å². The van der Waals surface area contributed by atoms with Crippen LogP contribution < -0.4 is 5.32 Å². The Labute approximate surface area is 139 Å². The van der Waals surface area contributed by atoms with E-state index in [4.69, 9.17) is 9.47 Å². The summed E-state index contributed by atoms with van der Waals surface area (Å²) in [6.07, 6.45) is 1.57. The second-order valence-electron chi connectivity index (χ2n) is 5.50. The number of esters is 2. The van der Waals surface area contributed by atoms with Crippen molar-refractivity contribution in [2.24, 2.45) is 11.8 Å². The molecule has 126 valence electrons. The maximum absolute atomic E-state index is 11.9. The highest BCUT2D eigenvalue weighted by atomic mass is 32.1. The molecule has 7 heteroatoms. The van der Waals surface area contributed by atoms with E-state index in [1.807, 2.05) is 13.8 Å². The van der Waals surface area contributed by atoms with Crippen molar-refractivity contribution in [3.8, 4) is 0 Å². The van der Waals surface area contributed by atoms with Crippen LogP contribution in [0.5, 0.6) is 0 Å². The number of rotatable bonds is 7. The second kappa shape index (κ2) is 7.59. The SMILES string of the molecule is CCOC(=O)c1cc(CC)sc1NC(=O)COC(=O)[C@@H]1C[C@@H]1C. The van der Waals surface area contributed by atoms with E-state index in [-0.39, 0.29) is 25.1 Å². The molecule has 0 saturated heterocycles. The van der Waals surface area contributed by atoms with Gasteiger partial charge in [0.15, 0.2) is 6.61 Å². The van der Waals surface area contributed by atoms with E-state index in [1.54, 1.807) is 13.0 Å². The van der Waals surface area contributed by atoms with Gasteiger partial charge in [0, 0.05) is 4.88 Å². The number of carbonyl (C=O) groups excluding carboxylic acids is 3. The van der Waals surface area contributed by atoms with Crippen molar-refractivity contribution >= 4 is 34.2 Å². The summed E-state index contributed by atoms with van der Waals surface area (Å²) < 4.78 is 9.98. The standard InChI is InChI=1S/C16H21NO5S/c1-4-10-7-12(16(20)21-5-2)14(23-10)17-13(18)8-22-15(19)11-6-9(11)3/h7,9,11H,4-6,8H2,1-3H3,(H,17,18)/t9-,11+/m0/s1. The molecule has 1 aliphatic rings. The Bertz CT molecular complexity index is 610. The van der Waals surface area contributed by atoms with Crippen molar-refractivity contribution in [1.29, 1.82) is 0 Å². The Morgan fingerprint density at radius 1 is 1.30 bits per heavy atom. The van der Waals surface area contributed by atoms with Crippen LogP contribution in [0.25, 0.3) is 0 Å². The van der Waals surface area contributed by atoms with Crippen molar-refractivity contribution in [3.05, 3.63) is 16.5 Å². The average molecular weight is 339 g/mol. The molecule has 0 radical (unpaired) electrons. The summed E-state index contributed by atoms with van der Waals surface area (Å²) in [7, 11) is 0. The van der Waals surface area contributed by atoms with Crippen LogP contribution in [0, 0.1) is 11.8 Å². The molecule has 1 aromatic rings. The van der Waals surface area contributed by atoms with Crippen LogP contribution in [0.4, 0.5) is 5.00 Å². The highest BCUT2D eigenvalue weighted by Gasteiger charge is 2.40. The molecule has 6 nitrogen and oxygen atoms in total. The van der Waals surface area contributed by atoms with Crippen molar-refractivity contribution in [3.63, 3.8) is 0 Å². The minimum atomic E-state index is -0.470. The van der Waals surface area contributed by atoms with Gasteiger partial charge in [-0.3, -0.25) is 9.59 Å². The van der Waals surface area contributed by atoms with E-state index in [0.29, 0.717) is 16.5 Å². The summed E-state index contributed by atoms with van der Waals surface area (Å²) in [5, 5.41) is 3.06. The second-order valence-corrected chi connectivity index (χ2v) is 6.64. The molecule has 1 amide bonds. The Hall–Kier alpha value is -1.89. The summed E-state index contributed by atoms with van der Waals surface area (Å²) in [5.74, 6) is -1.00. The minimum absolute atomic E-state index is 0.0775. The van der Waals surface area contributed by atoms with Gasteiger partial charge >= 0.3 is 11.9 Å². The number of ether oxygens (including phenoxy) is 2. The van der Waals surface area contributed by atoms with Crippen LogP contribution in [0.3, 0.4) is 0 Å². The molecule has 1 aliphatic carbocycles. The molecule has 0 unspecified atom stereocenters. The van der Waals surface area contributed by atoms with Gasteiger partial charge in [-0.2, -0.15) is 0 Å². The van der Waals surface area contributed by atoms with Crippen LogP contribution >= 0.6 is 11.3 Å². The average Bonchev–Trinajstić information content (AvgIpc) is 3.10. The quantitative estimate of drug-likeness (QED) is 0.772. The van der Waals surface area contributed by atoms with Gasteiger partial charge in [0.25, 0.3) is 5.91 Å². The first-order valence-corrected chi connectivity index (χ1v) is 8.54. The number of aryl methyl sites for hydroxylation is 1. The maximum atomic E-state index is 11.9. The zero-order valence-electron chi connectivity index (χ0n) is 13.5. The van der Waals surface area contributed by atoms with E-state index in [1.165, 1.54) is 11.3 Å². The molecule has 1 N–H and O–H groups in total. The summed E-state index contributed by atoms with van der Waals surface area (Å²) in [6.45, 7) is 5.58. The van der Waals surface area contributed by atoms with Gasteiger partial charge in [-0.1, -0.05) is 13.8 Å². The Morgan fingerprint density at radius 2 is 2.00 bits per heavy atom. The molecule has 0 aliphatic heterocycles. The number of carbonyl (C=O) groups is 3. The number of hydrogen-bond acceptors (Lipinski definition) is 6. The maximum Gasteiger partial charge on any atom is 0.341 e. The molecule has 1 fully saturated rings. The van der Waals surface area contributed by atoms with E-state index < -0.39 is 11.9 Å². The lowest BCUT2D eigenvalue weighted by molar-refractivity contribution is -0.148. The van der Waals surface area contributed by atoms with Crippen molar-refractivity contribution in [2.45, 2.75) is 33.6 Å². The molecule has 1 aromatic heterocycles. The number of nitrogens with one attached hydrogen (secondary N) is 1. The molecule has 1 heterocycles. The predicted octanol–water partition coefficient (Wildman–Crippen LogP) is 2.62. The predicted molar refractivity (Wildman–Crippen MR) is 86.5 cm³/mol. The highest BCUT2D eigenvalue weighted by molar-refractivity contribution is 7.16. The number of anilines is 1. The van der Waals surface area contributed by atoms with Gasteiger partial charge in [0.1, 0.15) is 5.00 Å². The first-order valence-electron chi connectivity index (χ1n) is 7.72. The summed E-state index contributed by atoms with van der Waals surface area (Å²) in [5.41, 5.74) is 0.337. The molecule has 0 bridgehead atoms. The van der Waals surface area contributed by atoms with Gasteiger partial charge in [-0.15, -0.1) is 11.3 Å². The molecule has 23 heavy (non-hydrogen) atoms. The first-order chi connectivity index (χ1) is 11.0. The minimum Gasteiger partial charge on any atom is -0.462 e. The van der Waals surface area contributed by atoms with Crippen LogP contribution in [-0.2, 0) is 25.5 Å². The normalized spacial score (nSPS) is 19.1. The van der Waals surface area contributed by atoms with Gasteiger partial charge in [-0.05, 0) is 31.7 Å². The Morgan fingerprint density at radius 3 is 2.57 bits per heavy atom. The van der Waals surface area contributed by atoms with Gasteiger partial charge in [0.2, 0.25) is 0 Å². The van der Waals surface area contributed by atoms with Crippen molar-refractivity contribution < 1.29 is 23.9 Å². The lowest BCUT2D eigenvalue weighted by atomic mass is 10.2. The summed E-state index contributed by atoms with van der Waals surface area (Å²) in [6, 6.07) is 1.72. The van der Waals surface area contributed by atoms with Crippen LogP contribution in [0.15, 0.2) is 6.07 Å². The molecule has 0 spiro atoms. The largest absolute Gasteiger partial charge is 0.462 e. The fraction of sp³-hybridized carbons (Fsp3) is 0.562. The van der Waals surface area contributed by atoms with E-state index in [9.17, 15) is 14.4 Å². The Balaban J connectivity index is 1.95. The third-order valence-corrected chi connectivity index (χ3v) is 4.83. The smallest absolute Gasteiger partial charge is 0.341 e. The van der Waals surface area contributed by atoms with Crippen molar-refractivity contribution in [1.82, 2.24) is 0 Å². The molecule has 1 saturated carbocycles. The molecule has 2 atom stereocenters. The van der Waals surface area contributed by atoms with Crippen LogP contribution in [0.1, 0.15) is 42.4 Å². The van der Waals surface area contributed by atoms with Crippen LogP contribution in [0.2, 0.25) is 0 Å². The van der Waals surface area contributed by atoms with E-state index >= 15 is 0 Å². The Kier molecular flexibility index (Phi) is 5.76. The summed E-state index contributed by atoms with van der Waals surface area (Å²) >= 11 is 1.32. The third kappa shape index (κ3) is 4.54. The highest BCUT2D eigenvalue weighted by Crippen LogP contribution is 2.38. The fourth-order valence-corrected chi connectivity index (χ4v) is 3.13. The zero-order chi connectivity index (χ0) is 17.0. The molecule has 2 rings (SSSR count). The van der Waals surface area contributed by atoms with Crippen molar-refractivity contribution in [2.75, 3.05) is 18.5 Å². The molecular formula is C16H21NO5S. The number of amides is 1. The molecule has 0 aromatic carbocycles. The lowest BCUT2D eigenvalue weighted by Gasteiger charge is -2.07.